The Bertz CT molecular complexity index is 735. The van der Waals surface area contributed by atoms with Gasteiger partial charge in [0.1, 0.15) is 4.90 Å². The van der Waals surface area contributed by atoms with E-state index in [2.05, 4.69) is 0 Å². The standard InChI is InChI=1S/C19H27ClN2O3S/c20-17-10-9-16(19(23)21-11-5-1-2-6-12-21)15-18(17)26(24,25)22-13-7-3-4-8-14-22/h9-10,15H,1-8,11-14H2. The van der Waals surface area contributed by atoms with Gasteiger partial charge in [-0.2, -0.15) is 4.31 Å². The third-order valence-corrected chi connectivity index (χ3v) is 7.63. The fraction of sp³-hybridized carbons (Fsp3) is 0.632. The summed E-state index contributed by atoms with van der Waals surface area (Å²) in [5.41, 5.74) is 0.407. The summed E-state index contributed by atoms with van der Waals surface area (Å²) < 4.78 is 27.7. The molecule has 2 aliphatic rings. The lowest BCUT2D eigenvalue weighted by atomic mass is 10.2. The minimum Gasteiger partial charge on any atom is -0.339 e. The van der Waals surface area contributed by atoms with Gasteiger partial charge in [0, 0.05) is 31.7 Å². The summed E-state index contributed by atoms with van der Waals surface area (Å²) in [6, 6.07) is 4.64. The van der Waals surface area contributed by atoms with Gasteiger partial charge in [-0.1, -0.05) is 37.3 Å². The van der Waals surface area contributed by atoms with Crippen LogP contribution in [0, 0.1) is 0 Å². The molecule has 0 N–H and O–H groups in total. The zero-order valence-electron chi connectivity index (χ0n) is 15.1. The first kappa shape index (κ1) is 19.6. The number of sulfonamides is 1. The third-order valence-electron chi connectivity index (χ3n) is 5.25. The summed E-state index contributed by atoms with van der Waals surface area (Å²) in [6.45, 7) is 2.50. The van der Waals surface area contributed by atoms with Crippen molar-refractivity contribution in [3.05, 3.63) is 28.8 Å². The number of carbonyl (C=O) groups is 1. The molecule has 3 rings (SSSR count). The van der Waals surface area contributed by atoms with Gasteiger partial charge in [-0.25, -0.2) is 8.42 Å². The minimum absolute atomic E-state index is 0.0572. The monoisotopic (exact) mass is 398 g/mol. The molecule has 144 valence electrons. The Hall–Kier alpha value is -1.11. The third kappa shape index (κ3) is 4.41. The van der Waals surface area contributed by atoms with Gasteiger partial charge < -0.3 is 4.90 Å². The van der Waals surface area contributed by atoms with E-state index >= 15 is 0 Å². The number of rotatable bonds is 3. The number of halogens is 1. The van der Waals surface area contributed by atoms with Gasteiger partial charge in [0.15, 0.2) is 0 Å². The first-order chi connectivity index (χ1) is 12.5. The lowest BCUT2D eigenvalue weighted by Crippen LogP contribution is -2.33. The van der Waals surface area contributed by atoms with E-state index in [1.165, 1.54) is 16.4 Å². The zero-order chi connectivity index (χ0) is 18.6. The second kappa shape index (κ2) is 8.72. The molecule has 0 atom stereocenters. The van der Waals surface area contributed by atoms with Crippen LogP contribution in [0.5, 0.6) is 0 Å². The molecular weight excluding hydrogens is 372 g/mol. The van der Waals surface area contributed by atoms with Gasteiger partial charge >= 0.3 is 0 Å². The van der Waals surface area contributed by atoms with Crippen molar-refractivity contribution in [2.45, 2.75) is 56.3 Å². The Morgan fingerprint density at radius 1 is 0.846 bits per heavy atom. The predicted molar refractivity (Wildman–Crippen MR) is 103 cm³/mol. The lowest BCUT2D eigenvalue weighted by Gasteiger charge is -2.23. The topological polar surface area (TPSA) is 57.7 Å². The summed E-state index contributed by atoms with van der Waals surface area (Å²) in [5, 5.41) is 0.182. The van der Waals surface area contributed by atoms with Crippen LogP contribution in [0.15, 0.2) is 23.1 Å². The largest absolute Gasteiger partial charge is 0.339 e. The SMILES string of the molecule is O=C(c1ccc(Cl)c(S(=O)(=O)N2CCCCCC2)c1)N1CCCCCC1. The van der Waals surface area contributed by atoms with Gasteiger partial charge in [-0.15, -0.1) is 0 Å². The van der Waals surface area contributed by atoms with E-state index in [0.29, 0.717) is 18.7 Å². The fourth-order valence-corrected chi connectivity index (χ4v) is 5.73. The molecule has 0 saturated carbocycles. The van der Waals surface area contributed by atoms with E-state index in [1.54, 1.807) is 6.07 Å². The number of hydrogen-bond donors (Lipinski definition) is 0. The van der Waals surface area contributed by atoms with E-state index in [4.69, 9.17) is 11.6 Å². The van der Waals surface area contributed by atoms with E-state index < -0.39 is 10.0 Å². The molecule has 0 aromatic heterocycles. The van der Waals surface area contributed by atoms with Gasteiger partial charge in [0.2, 0.25) is 10.0 Å². The molecule has 0 radical (unpaired) electrons. The number of carbonyl (C=O) groups excluding carboxylic acids is 1. The van der Waals surface area contributed by atoms with Crippen molar-refractivity contribution in [2.75, 3.05) is 26.2 Å². The molecule has 0 aliphatic carbocycles. The number of benzene rings is 1. The summed E-state index contributed by atoms with van der Waals surface area (Å²) in [6.07, 6.45) is 8.10. The Morgan fingerprint density at radius 3 is 1.96 bits per heavy atom. The van der Waals surface area contributed by atoms with Crippen LogP contribution in [-0.2, 0) is 10.0 Å². The second-order valence-corrected chi connectivity index (χ2v) is 9.48. The van der Waals surface area contributed by atoms with Crippen LogP contribution in [0.3, 0.4) is 0 Å². The summed E-state index contributed by atoms with van der Waals surface area (Å²) in [5.74, 6) is -0.101. The van der Waals surface area contributed by atoms with Crippen LogP contribution >= 0.6 is 11.6 Å². The average molecular weight is 399 g/mol. The first-order valence-corrected chi connectivity index (χ1v) is 11.4. The van der Waals surface area contributed by atoms with Gasteiger partial charge in [-0.05, 0) is 43.9 Å². The van der Waals surface area contributed by atoms with E-state index in [1.807, 2.05) is 4.90 Å². The van der Waals surface area contributed by atoms with E-state index in [0.717, 1.165) is 64.5 Å². The maximum absolute atomic E-state index is 13.1. The number of nitrogens with zero attached hydrogens (tertiary/aromatic N) is 2. The van der Waals surface area contributed by atoms with Crippen LogP contribution in [0.4, 0.5) is 0 Å². The van der Waals surface area contributed by atoms with Gasteiger partial charge in [0.05, 0.1) is 5.02 Å². The molecule has 1 aromatic rings. The first-order valence-electron chi connectivity index (χ1n) is 9.59. The molecule has 7 heteroatoms. The second-order valence-electron chi connectivity index (χ2n) is 7.17. The molecule has 2 fully saturated rings. The summed E-state index contributed by atoms with van der Waals surface area (Å²) in [4.78, 5) is 14.7. The van der Waals surface area contributed by atoms with Crippen molar-refractivity contribution in [3.8, 4) is 0 Å². The van der Waals surface area contributed by atoms with Crippen molar-refractivity contribution in [3.63, 3.8) is 0 Å². The molecule has 2 heterocycles. The highest BCUT2D eigenvalue weighted by Gasteiger charge is 2.29. The van der Waals surface area contributed by atoms with Crippen molar-refractivity contribution < 1.29 is 13.2 Å². The highest BCUT2D eigenvalue weighted by atomic mass is 35.5. The maximum Gasteiger partial charge on any atom is 0.253 e. The minimum atomic E-state index is -3.68. The van der Waals surface area contributed by atoms with Crippen molar-refractivity contribution in [1.29, 1.82) is 0 Å². The number of hydrogen-bond acceptors (Lipinski definition) is 3. The maximum atomic E-state index is 13.1. The fourth-order valence-electron chi connectivity index (χ4n) is 3.71. The van der Waals surface area contributed by atoms with Crippen LogP contribution in [-0.4, -0.2) is 49.7 Å². The average Bonchev–Trinajstić information content (AvgIpc) is 3.07. The summed E-state index contributed by atoms with van der Waals surface area (Å²) >= 11 is 6.23. The Balaban J connectivity index is 1.88. The smallest absolute Gasteiger partial charge is 0.253 e. The number of amides is 1. The van der Waals surface area contributed by atoms with Crippen LogP contribution < -0.4 is 0 Å². The van der Waals surface area contributed by atoms with E-state index in [-0.39, 0.29) is 15.8 Å². The zero-order valence-corrected chi connectivity index (χ0v) is 16.7. The Morgan fingerprint density at radius 2 is 1.38 bits per heavy atom. The molecule has 2 saturated heterocycles. The van der Waals surface area contributed by atoms with Crippen LogP contribution in [0.2, 0.25) is 5.02 Å². The molecule has 1 aromatic carbocycles. The quantitative estimate of drug-likeness (QED) is 0.775. The normalized spacial score (nSPS) is 20.4. The van der Waals surface area contributed by atoms with Crippen molar-refractivity contribution >= 4 is 27.5 Å². The van der Waals surface area contributed by atoms with Crippen LogP contribution in [0.1, 0.15) is 61.7 Å². The molecule has 1 amide bonds. The van der Waals surface area contributed by atoms with Crippen LogP contribution in [0.25, 0.3) is 0 Å². The molecule has 2 aliphatic heterocycles. The molecule has 0 spiro atoms. The summed E-state index contributed by atoms with van der Waals surface area (Å²) in [7, 11) is -3.68. The highest BCUT2D eigenvalue weighted by molar-refractivity contribution is 7.89. The lowest BCUT2D eigenvalue weighted by molar-refractivity contribution is 0.0761. The highest BCUT2D eigenvalue weighted by Crippen LogP contribution is 2.28. The van der Waals surface area contributed by atoms with Crippen molar-refractivity contribution in [1.82, 2.24) is 9.21 Å². The Labute approximate surface area is 161 Å². The predicted octanol–water partition coefficient (Wildman–Crippen LogP) is 3.92. The van der Waals surface area contributed by atoms with Gasteiger partial charge in [-0.3, -0.25) is 4.79 Å². The molecule has 0 bridgehead atoms. The molecule has 5 nitrogen and oxygen atoms in total. The van der Waals surface area contributed by atoms with Gasteiger partial charge in [0.25, 0.3) is 5.91 Å². The Kier molecular flexibility index (Phi) is 6.59. The molecular formula is C19H27ClN2O3S. The molecule has 0 unspecified atom stereocenters. The van der Waals surface area contributed by atoms with Crippen molar-refractivity contribution in [2.24, 2.45) is 0 Å². The molecule has 26 heavy (non-hydrogen) atoms. The number of likely N-dealkylation sites (tertiary alicyclic amines) is 1. The van der Waals surface area contributed by atoms with E-state index in [9.17, 15) is 13.2 Å².